The lowest BCUT2D eigenvalue weighted by Gasteiger charge is -2.13. The second-order valence-electron chi connectivity index (χ2n) is 5.97. The van der Waals surface area contributed by atoms with Crippen LogP contribution in [0.25, 0.3) is 0 Å². The molecule has 0 aromatic heterocycles. The Labute approximate surface area is 175 Å². The highest BCUT2D eigenvalue weighted by Gasteiger charge is 2.41. The van der Waals surface area contributed by atoms with Gasteiger partial charge in [-0.3, -0.25) is 30.3 Å². The van der Waals surface area contributed by atoms with E-state index in [-0.39, 0.29) is 22.2 Å². The molecule has 14 nitrogen and oxygen atoms in total. The lowest BCUT2D eigenvalue weighted by molar-refractivity contribution is -0.397. The van der Waals surface area contributed by atoms with E-state index < -0.39 is 71.1 Å². The summed E-state index contributed by atoms with van der Waals surface area (Å²) in [5.74, 6) is -4.91. The van der Waals surface area contributed by atoms with Gasteiger partial charge in [0.25, 0.3) is 5.69 Å². The van der Waals surface area contributed by atoms with E-state index in [0.29, 0.717) is 0 Å². The van der Waals surface area contributed by atoms with Crippen molar-refractivity contribution in [2.75, 3.05) is 0 Å². The Kier molecular flexibility index (Phi) is 6.11. The number of carbonyl (C=O) groups is 2. The number of benzene rings is 2. The normalized spacial score (nSPS) is 10.5. The van der Waals surface area contributed by atoms with E-state index >= 15 is 0 Å². The molecule has 2 aromatic rings. The molecule has 3 N–H and O–H groups in total. The quantitative estimate of drug-likeness (QED) is 0.405. The fourth-order valence-corrected chi connectivity index (χ4v) is 3.98. The van der Waals surface area contributed by atoms with E-state index in [1.165, 1.54) is 13.0 Å². The Hall–Kier alpha value is -4.27. The minimum absolute atomic E-state index is 0.116. The van der Waals surface area contributed by atoms with Crippen LogP contribution in [-0.2, 0) is 0 Å². The van der Waals surface area contributed by atoms with Crippen LogP contribution in [0.1, 0.15) is 31.8 Å². The van der Waals surface area contributed by atoms with Gasteiger partial charge in [-0.15, -0.1) is 0 Å². The van der Waals surface area contributed by atoms with Gasteiger partial charge in [0, 0.05) is 5.56 Å². The molecule has 0 unspecified atom stereocenters. The molecule has 0 aliphatic heterocycles. The van der Waals surface area contributed by atoms with E-state index in [4.69, 9.17) is 0 Å². The van der Waals surface area contributed by atoms with Gasteiger partial charge in [-0.1, -0.05) is 17.8 Å². The van der Waals surface area contributed by atoms with Crippen molar-refractivity contribution >= 4 is 40.8 Å². The molecule has 0 saturated carbocycles. The van der Waals surface area contributed by atoms with Gasteiger partial charge in [0.15, 0.2) is 5.75 Å². The molecule has 2 rings (SSSR count). The number of aromatic hydroxyl groups is 1. The first kappa shape index (κ1) is 23.0. The van der Waals surface area contributed by atoms with Crippen molar-refractivity contribution < 1.29 is 39.7 Å². The average molecular weight is 453 g/mol. The molecule has 0 atom stereocenters. The first-order valence-electron chi connectivity index (χ1n) is 7.91. The fourth-order valence-electron chi connectivity index (χ4n) is 2.74. The van der Waals surface area contributed by atoms with Crippen LogP contribution in [0.4, 0.5) is 17.1 Å². The number of carboxylic acid groups (broad SMARTS) is 2. The second kappa shape index (κ2) is 8.23. The van der Waals surface area contributed by atoms with E-state index in [1.54, 1.807) is 0 Å². The molecular formula is C16H11N3O11S. The van der Waals surface area contributed by atoms with Gasteiger partial charge in [0.1, 0.15) is 5.56 Å². The summed E-state index contributed by atoms with van der Waals surface area (Å²) in [6.07, 6.45) is 0. The van der Waals surface area contributed by atoms with Crippen molar-refractivity contribution in [3.05, 3.63) is 64.7 Å². The predicted octanol–water partition coefficient (Wildman–Crippen LogP) is 3.28. The van der Waals surface area contributed by atoms with Crippen molar-refractivity contribution in [2.45, 2.75) is 23.6 Å². The Bertz CT molecular complexity index is 1190. The highest BCUT2D eigenvalue weighted by molar-refractivity contribution is 7.99. The first-order chi connectivity index (χ1) is 14.3. The average Bonchev–Trinajstić information content (AvgIpc) is 2.64. The highest BCUT2D eigenvalue weighted by atomic mass is 32.2. The maximum Gasteiger partial charge on any atom is 0.350 e. The number of hydrogen-bond acceptors (Lipinski definition) is 10. The van der Waals surface area contributed by atoms with Crippen LogP contribution in [0.3, 0.4) is 0 Å². The van der Waals surface area contributed by atoms with Gasteiger partial charge in [-0.2, -0.15) is 0 Å². The number of phenolic OH excluding ortho intramolecular Hbond substituents is 1. The van der Waals surface area contributed by atoms with Gasteiger partial charge < -0.3 is 15.3 Å². The number of nitro groups is 3. The van der Waals surface area contributed by atoms with E-state index in [9.17, 15) is 55.3 Å². The zero-order chi connectivity index (χ0) is 23.8. The molecule has 0 saturated heterocycles. The number of carboxylic acids is 2. The molecule has 31 heavy (non-hydrogen) atoms. The highest BCUT2D eigenvalue weighted by Crippen LogP contribution is 2.50. The van der Waals surface area contributed by atoms with Crippen molar-refractivity contribution in [3.8, 4) is 5.75 Å². The number of nitrogens with zero attached hydrogens (tertiary/aromatic N) is 3. The number of aromatic carboxylic acids is 2. The Morgan fingerprint density at radius 3 is 1.77 bits per heavy atom. The minimum atomic E-state index is -2.08. The van der Waals surface area contributed by atoms with Crippen molar-refractivity contribution in [2.24, 2.45) is 0 Å². The first-order valence-corrected chi connectivity index (χ1v) is 8.73. The van der Waals surface area contributed by atoms with Crippen LogP contribution in [0, 0.1) is 44.2 Å². The Morgan fingerprint density at radius 2 is 1.35 bits per heavy atom. The Morgan fingerprint density at radius 1 is 0.839 bits per heavy atom. The van der Waals surface area contributed by atoms with Crippen LogP contribution in [0.15, 0.2) is 21.9 Å². The summed E-state index contributed by atoms with van der Waals surface area (Å²) in [6, 6.07) is 2.15. The smallest absolute Gasteiger partial charge is 0.350 e. The Balaban J connectivity index is 3.02. The standard InChI is InChI=1S/C16H11N3O11S/c1-5-3-4-7(15(21)22)9(17(25)26)13(5)31-14-6(2)12(20)10(18(27)28)8(16(23)24)11(14)19(29)30/h3-4,20H,1-2H3,(H,21,22)(H,23,24). The summed E-state index contributed by atoms with van der Waals surface area (Å²) in [7, 11) is 0. The van der Waals surface area contributed by atoms with Crippen LogP contribution < -0.4 is 0 Å². The van der Waals surface area contributed by atoms with E-state index in [0.717, 1.165) is 13.0 Å². The zero-order valence-electron chi connectivity index (χ0n) is 15.5. The summed E-state index contributed by atoms with van der Waals surface area (Å²) in [4.78, 5) is 52.9. The lowest BCUT2D eigenvalue weighted by atomic mass is 10.1. The number of phenols is 1. The van der Waals surface area contributed by atoms with Gasteiger partial charge >= 0.3 is 23.3 Å². The predicted molar refractivity (Wildman–Crippen MR) is 102 cm³/mol. The van der Waals surface area contributed by atoms with E-state index in [2.05, 4.69) is 0 Å². The number of hydrogen-bond donors (Lipinski definition) is 3. The van der Waals surface area contributed by atoms with Gasteiger partial charge in [0.2, 0.25) is 5.56 Å². The van der Waals surface area contributed by atoms with Gasteiger partial charge in [0.05, 0.1) is 24.6 Å². The lowest BCUT2D eigenvalue weighted by Crippen LogP contribution is -2.10. The third-order valence-electron chi connectivity index (χ3n) is 4.13. The summed E-state index contributed by atoms with van der Waals surface area (Å²) >= 11 is 0.256. The maximum atomic E-state index is 11.7. The topological polar surface area (TPSA) is 224 Å². The zero-order valence-corrected chi connectivity index (χ0v) is 16.3. The minimum Gasteiger partial charge on any atom is -0.502 e. The van der Waals surface area contributed by atoms with Crippen LogP contribution in [0.2, 0.25) is 0 Å². The molecule has 0 bridgehead atoms. The fraction of sp³-hybridized carbons (Fsp3) is 0.125. The molecule has 0 heterocycles. The molecular weight excluding hydrogens is 442 g/mol. The maximum absolute atomic E-state index is 11.7. The molecule has 0 amide bonds. The summed E-state index contributed by atoms with van der Waals surface area (Å²) < 4.78 is 0. The van der Waals surface area contributed by atoms with Crippen LogP contribution >= 0.6 is 11.8 Å². The van der Waals surface area contributed by atoms with Gasteiger partial charge in [-0.05, 0) is 25.5 Å². The summed E-state index contributed by atoms with van der Waals surface area (Å²) in [5, 5.41) is 63.2. The SMILES string of the molecule is Cc1ccc(C(=O)O)c([N+](=O)[O-])c1Sc1c(C)c(O)c([N+](=O)[O-])c(C(=O)O)c1[N+](=O)[O-]. The number of nitro benzene ring substituents is 3. The molecule has 0 aliphatic carbocycles. The van der Waals surface area contributed by atoms with Crippen molar-refractivity contribution in [1.82, 2.24) is 0 Å². The number of aryl methyl sites for hydroxylation is 1. The molecule has 162 valence electrons. The van der Waals surface area contributed by atoms with E-state index in [1.807, 2.05) is 0 Å². The molecule has 0 spiro atoms. The molecule has 15 heteroatoms. The third-order valence-corrected chi connectivity index (χ3v) is 5.56. The monoisotopic (exact) mass is 453 g/mol. The van der Waals surface area contributed by atoms with Crippen molar-refractivity contribution in [3.63, 3.8) is 0 Å². The third kappa shape index (κ3) is 3.93. The molecule has 0 radical (unpaired) electrons. The second-order valence-corrected chi connectivity index (χ2v) is 6.99. The number of rotatable bonds is 7. The summed E-state index contributed by atoms with van der Waals surface area (Å²) in [6.45, 7) is 2.36. The van der Waals surface area contributed by atoms with Crippen LogP contribution in [-0.4, -0.2) is 42.0 Å². The molecule has 2 aromatic carbocycles. The largest absolute Gasteiger partial charge is 0.502 e. The van der Waals surface area contributed by atoms with Gasteiger partial charge in [-0.25, -0.2) is 9.59 Å². The van der Waals surface area contributed by atoms with Crippen LogP contribution in [0.5, 0.6) is 5.75 Å². The molecule has 0 aliphatic rings. The molecule has 0 fully saturated rings. The van der Waals surface area contributed by atoms with Crippen molar-refractivity contribution in [1.29, 1.82) is 0 Å². The summed E-state index contributed by atoms with van der Waals surface area (Å²) in [5.41, 5.74) is -6.12.